The Kier molecular flexibility index (Phi) is 6.20. The van der Waals surface area contributed by atoms with E-state index in [1.165, 1.54) is 31.0 Å². The fourth-order valence-electron chi connectivity index (χ4n) is 1.48. The summed E-state index contributed by atoms with van der Waals surface area (Å²) in [4.78, 5) is 22.9. The molecule has 0 radical (unpaired) electrons. The normalized spacial score (nSPS) is 11.1. The average molecular weight is 313 g/mol. The van der Waals surface area contributed by atoms with Gasteiger partial charge in [0.1, 0.15) is 5.82 Å². The van der Waals surface area contributed by atoms with E-state index in [0.717, 1.165) is 0 Å². The van der Waals surface area contributed by atoms with Crippen LogP contribution in [-0.4, -0.2) is 29.5 Å². The lowest BCUT2D eigenvalue weighted by atomic mass is 10.1. The molecule has 0 aliphatic rings. The molecule has 0 aliphatic carbocycles. The highest BCUT2D eigenvalue weighted by Crippen LogP contribution is 2.23. The van der Waals surface area contributed by atoms with E-state index in [-0.39, 0.29) is 22.6 Å². The molecule has 0 aromatic heterocycles. The number of nitrogens with one attached hydrogen (secondary N) is 1. The van der Waals surface area contributed by atoms with Crippen molar-refractivity contribution < 1.29 is 18.7 Å². The molecule has 0 unspecified atom stereocenters. The molecular weight excluding hydrogens is 293 g/mol. The van der Waals surface area contributed by atoms with Crippen molar-refractivity contribution >= 4 is 29.3 Å². The van der Waals surface area contributed by atoms with Crippen molar-refractivity contribution in [1.29, 1.82) is 0 Å². The van der Waals surface area contributed by atoms with E-state index in [9.17, 15) is 14.0 Å². The molecule has 1 N–H and O–H groups in total. The van der Waals surface area contributed by atoms with Gasteiger partial charge in [0.05, 0.1) is 19.3 Å². The van der Waals surface area contributed by atoms with Crippen LogP contribution in [0.25, 0.3) is 0 Å². The number of hydrogen-bond donors (Lipinski definition) is 1. The highest BCUT2D eigenvalue weighted by Gasteiger charge is 2.14. The molecular formula is C15H20FNO3S. The molecule has 1 aromatic carbocycles. The second kappa shape index (κ2) is 7.45. The predicted molar refractivity (Wildman–Crippen MR) is 83.0 cm³/mol. The van der Waals surface area contributed by atoms with E-state index < -0.39 is 11.8 Å². The molecule has 6 heteroatoms. The van der Waals surface area contributed by atoms with E-state index in [2.05, 4.69) is 10.1 Å². The predicted octanol–water partition coefficient (Wildman–Crippen LogP) is 3.01. The van der Waals surface area contributed by atoms with Crippen molar-refractivity contribution in [3.8, 4) is 0 Å². The number of esters is 1. The number of rotatable bonds is 5. The molecule has 1 rings (SSSR count). The second-order valence-electron chi connectivity index (χ2n) is 5.51. The van der Waals surface area contributed by atoms with Crippen LogP contribution in [-0.2, 0) is 20.7 Å². The number of anilines is 1. The number of carbonyl (C=O) groups is 2. The third kappa shape index (κ3) is 6.62. The second-order valence-corrected chi connectivity index (χ2v) is 7.31. The maximum absolute atomic E-state index is 13.8. The van der Waals surface area contributed by atoms with Crippen LogP contribution >= 0.6 is 11.8 Å². The molecule has 0 saturated heterocycles. The molecule has 1 aromatic rings. The number of thioether (sulfide) groups is 1. The summed E-state index contributed by atoms with van der Waals surface area (Å²) >= 11 is 1.51. The maximum Gasteiger partial charge on any atom is 0.310 e. The Bertz CT molecular complexity index is 526. The standard InChI is InChI=1S/C15H20FNO3S/c1-15(2,3)21-9-13(18)17-11-6-5-10(12(16)8-11)7-14(19)20-4/h5-6,8H,7,9H2,1-4H3,(H,17,18). The first-order chi connectivity index (χ1) is 9.71. The monoisotopic (exact) mass is 313 g/mol. The minimum atomic E-state index is -0.540. The summed E-state index contributed by atoms with van der Waals surface area (Å²) < 4.78 is 18.3. The lowest BCUT2D eigenvalue weighted by Crippen LogP contribution is -2.19. The van der Waals surface area contributed by atoms with Gasteiger partial charge in [0.2, 0.25) is 5.91 Å². The van der Waals surface area contributed by atoms with Gasteiger partial charge in [-0.25, -0.2) is 4.39 Å². The summed E-state index contributed by atoms with van der Waals surface area (Å²) in [6.07, 6.45) is -0.129. The molecule has 0 heterocycles. The minimum Gasteiger partial charge on any atom is -0.469 e. The van der Waals surface area contributed by atoms with Crippen LogP contribution in [0.2, 0.25) is 0 Å². The first-order valence-corrected chi connectivity index (χ1v) is 7.49. The van der Waals surface area contributed by atoms with Crippen molar-refractivity contribution in [2.24, 2.45) is 0 Å². The van der Waals surface area contributed by atoms with Gasteiger partial charge >= 0.3 is 5.97 Å². The Balaban J connectivity index is 2.63. The number of carbonyl (C=O) groups excluding carboxylic acids is 2. The molecule has 0 atom stereocenters. The lowest BCUT2D eigenvalue weighted by molar-refractivity contribution is -0.139. The SMILES string of the molecule is COC(=O)Cc1ccc(NC(=O)CSC(C)(C)C)cc1F. The van der Waals surface area contributed by atoms with Crippen molar-refractivity contribution in [3.63, 3.8) is 0 Å². The number of methoxy groups -OCH3 is 1. The van der Waals surface area contributed by atoms with Gasteiger partial charge in [0.25, 0.3) is 0 Å². The summed E-state index contributed by atoms with van der Waals surface area (Å²) in [7, 11) is 1.25. The fraction of sp³-hybridized carbons (Fsp3) is 0.467. The molecule has 21 heavy (non-hydrogen) atoms. The fourth-order valence-corrected chi connectivity index (χ4v) is 2.11. The van der Waals surface area contributed by atoms with Crippen molar-refractivity contribution in [1.82, 2.24) is 0 Å². The Morgan fingerprint density at radius 1 is 1.33 bits per heavy atom. The van der Waals surface area contributed by atoms with Gasteiger partial charge in [0.15, 0.2) is 0 Å². The summed E-state index contributed by atoms with van der Waals surface area (Å²) in [5.74, 6) is -0.932. The molecule has 0 saturated carbocycles. The van der Waals surface area contributed by atoms with Gasteiger partial charge in [-0.2, -0.15) is 0 Å². The van der Waals surface area contributed by atoms with Crippen LogP contribution in [0, 0.1) is 5.82 Å². The first kappa shape index (κ1) is 17.5. The van der Waals surface area contributed by atoms with E-state index in [4.69, 9.17) is 0 Å². The van der Waals surface area contributed by atoms with E-state index in [1.54, 1.807) is 6.07 Å². The Morgan fingerprint density at radius 3 is 2.52 bits per heavy atom. The number of ether oxygens (including phenoxy) is 1. The molecule has 0 bridgehead atoms. The van der Waals surface area contributed by atoms with Gasteiger partial charge in [-0.15, -0.1) is 11.8 Å². The Hall–Kier alpha value is -1.56. The smallest absolute Gasteiger partial charge is 0.310 e. The van der Waals surface area contributed by atoms with Crippen LogP contribution in [0.15, 0.2) is 18.2 Å². The highest BCUT2D eigenvalue weighted by atomic mass is 32.2. The minimum absolute atomic E-state index is 0.00698. The zero-order valence-electron chi connectivity index (χ0n) is 12.7. The summed E-state index contributed by atoms with van der Waals surface area (Å²) in [5.41, 5.74) is 0.615. The number of benzene rings is 1. The Morgan fingerprint density at radius 2 is 2.00 bits per heavy atom. The first-order valence-electron chi connectivity index (χ1n) is 6.50. The van der Waals surface area contributed by atoms with Gasteiger partial charge in [-0.05, 0) is 17.7 Å². The van der Waals surface area contributed by atoms with Crippen molar-refractivity contribution in [2.45, 2.75) is 31.9 Å². The highest BCUT2D eigenvalue weighted by molar-refractivity contribution is 8.01. The third-order valence-corrected chi connectivity index (χ3v) is 3.81. The van der Waals surface area contributed by atoms with Crippen LogP contribution in [0.5, 0.6) is 0 Å². The van der Waals surface area contributed by atoms with Crippen LogP contribution in [0.4, 0.5) is 10.1 Å². The zero-order valence-corrected chi connectivity index (χ0v) is 13.5. The maximum atomic E-state index is 13.8. The summed E-state index contributed by atoms with van der Waals surface area (Å²) in [6, 6.07) is 4.25. The van der Waals surface area contributed by atoms with Crippen molar-refractivity contribution in [2.75, 3.05) is 18.2 Å². The van der Waals surface area contributed by atoms with Gasteiger partial charge in [0, 0.05) is 10.4 Å². The van der Waals surface area contributed by atoms with Crippen LogP contribution in [0.1, 0.15) is 26.3 Å². The van der Waals surface area contributed by atoms with E-state index in [0.29, 0.717) is 11.4 Å². The topological polar surface area (TPSA) is 55.4 Å². The van der Waals surface area contributed by atoms with Gasteiger partial charge in [-0.1, -0.05) is 26.8 Å². The molecule has 0 aliphatic heterocycles. The Labute approximate surface area is 128 Å². The van der Waals surface area contributed by atoms with Crippen LogP contribution < -0.4 is 5.32 Å². The lowest BCUT2D eigenvalue weighted by Gasteiger charge is -2.17. The molecule has 116 valence electrons. The quantitative estimate of drug-likeness (QED) is 0.849. The van der Waals surface area contributed by atoms with E-state index in [1.807, 2.05) is 20.8 Å². The van der Waals surface area contributed by atoms with Gasteiger partial charge in [-0.3, -0.25) is 9.59 Å². The molecule has 1 amide bonds. The summed E-state index contributed by atoms with van der Waals surface area (Å²) in [5, 5.41) is 2.63. The third-order valence-electron chi connectivity index (χ3n) is 2.54. The van der Waals surface area contributed by atoms with E-state index >= 15 is 0 Å². The zero-order chi connectivity index (χ0) is 16.0. The largest absolute Gasteiger partial charge is 0.469 e. The number of halogens is 1. The molecule has 0 spiro atoms. The molecule has 0 fully saturated rings. The number of amides is 1. The van der Waals surface area contributed by atoms with Gasteiger partial charge < -0.3 is 10.1 Å². The average Bonchev–Trinajstić information content (AvgIpc) is 2.38. The number of hydrogen-bond acceptors (Lipinski definition) is 4. The summed E-state index contributed by atoms with van der Waals surface area (Å²) in [6.45, 7) is 6.06. The molecule has 4 nitrogen and oxygen atoms in total. The van der Waals surface area contributed by atoms with Crippen molar-refractivity contribution in [3.05, 3.63) is 29.6 Å². The van der Waals surface area contributed by atoms with Crippen LogP contribution in [0.3, 0.4) is 0 Å².